The van der Waals surface area contributed by atoms with Crippen LogP contribution in [0.3, 0.4) is 0 Å². The first-order valence-corrected chi connectivity index (χ1v) is 10.6. The predicted molar refractivity (Wildman–Crippen MR) is 106 cm³/mol. The molecule has 1 unspecified atom stereocenters. The second-order valence-corrected chi connectivity index (χ2v) is 8.43. The lowest BCUT2D eigenvalue weighted by molar-refractivity contribution is -0.154. The van der Waals surface area contributed by atoms with Crippen molar-refractivity contribution in [3.05, 3.63) is 47.4 Å². The van der Waals surface area contributed by atoms with Gasteiger partial charge in [0.15, 0.2) is 11.1 Å². The van der Waals surface area contributed by atoms with E-state index in [4.69, 9.17) is 4.74 Å². The van der Waals surface area contributed by atoms with E-state index in [-0.39, 0.29) is 18.0 Å². The van der Waals surface area contributed by atoms with Gasteiger partial charge in [-0.05, 0) is 26.3 Å². The van der Waals surface area contributed by atoms with Gasteiger partial charge in [0.05, 0.1) is 6.42 Å². The van der Waals surface area contributed by atoms with E-state index in [0.29, 0.717) is 12.4 Å². The van der Waals surface area contributed by atoms with Gasteiger partial charge in [0.2, 0.25) is 0 Å². The van der Waals surface area contributed by atoms with Gasteiger partial charge in [-0.3, -0.25) is 9.59 Å². The number of benzene rings is 1. The standard InChI is InChI=1S/C19H26N4O5S/c1-13-5-7-16(8-6-13)11-20-19(25)14(2)28-18(24)9-10-21-29(26,27)17-12-23(4)15(3)22-17/h5-8,12,14,21H,9-11H2,1-4H3,(H,20,25). The molecule has 10 heteroatoms. The number of nitrogens with zero attached hydrogens (tertiary/aromatic N) is 2. The number of aryl methyl sites for hydroxylation is 3. The molecule has 1 amide bonds. The van der Waals surface area contributed by atoms with E-state index < -0.39 is 28.0 Å². The number of imidazole rings is 1. The summed E-state index contributed by atoms with van der Waals surface area (Å²) >= 11 is 0. The summed E-state index contributed by atoms with van der Waals surface area (Å²) in [4.78, 5) is 27.9. The molecule has 0 spiro atoms. The maximum atomic E-state index is 12.1. The van der Waals surface area contributed by atoms with Gasteiger partial charge in [0.1, 0.15) is 5.82 Å². The van der Waals surface area contributed by atoms with Crippen LogP contribution in [-0.2, 0) is 37.9 Å². The molecule has 158 valence electrons. The summed E-state index contributed by atoms with van der Waals surface area (Å²) in [6.45, 7) is 5.28. The molecule has 0 fully saturated rings. The van der Waals surface area contributed by atoms with Crippen molar-refractivity contribution in [1.29, 1.82) is 0 Å². The molecule has 2 rings (SSSR count). The molecule has 0 radical (unpaired) electrons. The maximum Gasteiger partial charge on any atom is 0.307 e. The number of esters is 1. The molecule has 9 nitrogen and oxygen atoms in total. The molecule has 0 saturated heterocycles. The molecule has 1 aromatic carbocycles. The average Bonchev–Trinajstić information content (AvgIpc) is 3.00. The minimum atomic E-state index is -3.81. The first-order chi connectivity index (χ1) is 13.6. The van der Waals surface area contributed by atoms with Gasteiger partial charge in [-0.2, -0.15) is 0 Å². The lowest BCUT2D eigenvalue weighted by atomic mass is 10.1. The molecule has 2 aromatic rings. The van der Waals surface area contributed by atoms with E-state index in [0.717, 1.165) is 11.1 Å². The number of aromatic nitrogens is 2. The summed E-state index contributed by atoms with van der Waals surface area (Å²) in [5.74, 6) is -0.554. The number of nitrogens with one attached hydrogen (secondary N) is 2. The predicted octanol–water partition coefficient (Wildman–Crippen LogP) is 0.953. The topological polar surface area (TPSA) is 119 Å². The quantitative estimate of drug-likeness (QED) is 0.581. The number of hydrogen-bond acceptors (Lipinski definition) is 6. The summed E-state index contributed by atoms with van der Waals surface area (Å²) in [6.07, 6.45) is 0.194. The minimum Gasteiger partial charge on any atom is -0.453 e. The van der Waals surface area contributed by atoms with Crippen LogP contribution in [-0.4, -0.2) is 42.5 Å². The highest BCUT2D eigenvalue weighted by atomic mass is 32.2. The van der Waals surface area contributed by atoms with Crippen molar-refractivity contribution in [3.63, 3.8) is 0 Å². The Labute approximate surface area is 170 Å². The Hall–Kier alpha value is -2.72. The molecule has 0 aliphatic rings. The Bertz CT molecular complexity index is 947. The van der Waals surface area contributed by atoms with E-state index in [9.17, 15) is 18.0 Å². The van der Waals surface area contributed by atoms with Crippen LogP contribution >= 0.6 is 0 Å². The number of carbonyl (C=O) groups excluding carboxylic acids is 2. The minimum absolute atomic E-state index is 0.116. The van der Waals surface area contributed by atoms with Crippen molar-refractivity contribution < 1.29 is 22.7 Å². The average molecular weight is 423 g/mol. The first kappa shape index (κ1) is 22.6. The van der Waals surface area contributed by atoms with Gasteiger partial charge in [-0.25, -0.2) is 18.1 Å². The van der Waals surface area contributed by atoms with E-state index in [1.165, 1.54) is 13.1 Å². The van der Waals surface area contributed by atoms with Crippen molar-refractivity contribution >= 4 is 21.9 Å². The second kappa shape index (κ2) is 9.66. The Kier molecular flexibility index (Phi) is 7.52. The second-order valence-electron chi connectivity index (χ2n) is 6.72. The Balaban J connectivity index is 1.74. The van der Waals surface area contributed by atoms with Gasteiger partial charge in [0, 0.05) is 26.3 Å². The molecule has 0 bridgehead atoms. The van der Waals surface area contributed by atoms with Crippen LogP contribution < -0.4 is 10.0 Å². The van der Waals surface area contributed by atoms with Crippen LogP contribution in [0.5, 0.6) is 0 Å². The molecular weight excluding hydrogens is 396 g/mol. The number of sulfonamides is 1. The van der Waals surface area contributed by atoms with E-state index in [1.54, 1.807) is 18.5 Å². The number of ether oxygens (including phenoxy) is 1. The van der Waals surface area contributed by atoms with Crippen molar-refractivity contribution in [2.24, 2.45) is 7.05 Å². The van der Waals surface area contributed by atoms with E-state index >= 15 is 0 Å². The van der Waals surface area contributed by atoms with E-state index in [1.807, 2.05) is 31.2 Å². The maximum absolute atomic E-state index is 12.1. The molecule has 1 aromatic heterocycles. The zero-order valence-corrected chi connectivity index (χ0v) is 17.7. The van der Waals surface area contributed by atoms with Crippen LogP contribution in [0, 0.1) is 13.8 Å². The Morgan fingerprint density at radius 3 is 2.45 bits per heavy atom. The molecule has 0 saturated carbocycles. The molecule has 0 aliphatic heterocycles. The molecule has 2 N–H and O–H groups in total. The molecular formula is C19H26N4O5S. The zero-order chi connectivity index (χ0) is 21.6. The molecule has 1 heterocycles. The number of hydrogen-bond donors (Lipinski definition) is 2. The largest absolute Gasteiger partial charge is 0.453 e. The van der Waals surface area contributed by atoms with Crippen LogP contribution in [0.15, 0.2) is 35.5 Å². The van der Waals surface area contributed by atoms with Crippen molar-refractivity contribution in [1.82, 2.24) is 19.6 Å². The summed E-state index contributed by atoms with van der Waals surface area (Å²) in [5, 5.41) is 2.58. The fraction of sp³-hybridized carbons (Fsp3) is 0.421. The van der Waals surface area contributed by atoms with Gasteiger partial charge < -0.3 is 14.6 Å². The highest BCUT2D eigenvalue weighted by Crippen LogP contribution is 2.07. The lowest BCUT2D eigenvalue weighted by Gasteiger charge is -2.14. The number of carbonyl (C=O) groups is 2. The third kappa shape index (κ3) is 6.68. The van der Waals surface area contributed by atoms with Gasteiger partial charge >= 0.3 is 5.97 Å². The van der Waals surface area contributed by atoms with Gasteiger partial charge in [-0.1, -0.05) is 29.8 Å². The summed E-state index contributed by atoms with van der Waals surface area (Å²) < 4.78 is 33.2. The number of rotatable bonds is 9. The normalized spacial score (nSPS) is 12.4. The van der Waals surface area contributed by atoms with Crippen LogP contribution in [0.25, 0.3) is 0 Å². The smallest absolute Gasteiger partial charge is 0.307 e. The molecule has 0 aliphatic carbocycles. The third-order valence-corrected chi connectivity index (χ3v) is 5.58. The first-order valence-electron chi connectivity index (χ1n) is 9.11. The summed E-state index contributed by atoms with van der Waals surface area (Å²) in [7, 11) is -2.13. The molecule has 29 heavy (non-hydrogen) atoms. The van der Waals surface area contributed by atoms with Gasteiger partial charge in [-0.15, -0.1) is 0 Å². The van der Waals surface area contributed by atoms with Crippen molar-refractivity contribution in [2.45, 2.75) is 44.9 Å². The number of amides is 1. The SMILES string of the molecule is Cc1ccc(CNC(=O)C(C)OC(=O)CCNS(=O)(=O)c2cn(C)c(C)n2)cc1. The van der Waals surface area contributed by atoms with Crippen LogP contribution in [0.1, 0.15) is 30.3 Å². The van der Waals surface area contributed by atoms with E-state index in [2.05, 4.69) is 15.0 Å². The Morgan fingerprint density at radius 1 is 1.21 bits per heavy atom. The van der Waals surface area contributed by atoms with Crippen LogP contribution in [0.4, 0.5) is 0 Å². The van der Waals surface area contributed by atoms with Crippen molar-refractivity contribution in [3.8, 4) is 0 Å². The fourth-order valence-electron chi connectivity index (χ4n) is 2.37. The van der Waals surface area contributed by atoms with Crippen LogP contribution in [0.2, 0.25) is 0 Å². The summed E-state index contributed by atoms with van der Waals surface area (Å²) in [6, 6.07) is 7.69. The highest BCUT2D eigenvalue weighted by Gasteiger charge is 2.20. The van der Waals surface area contributed by atoms with Crippen molar-refractivity contribution in [2.75, 3.05) is 6.54 Å². The zero-order valence-electron chi connectivity index (χ0n) is 16.9. The Morgan fingerprint density at radius 2 is 1.86 bits per heavy atom. The highest BCUT2D eigenvalue weighted by molar-refractivity contribution is 7.89. The fourth-order valence-corrected chi connectivity index (χ4v) is 3.43. The summed E-state index contributed by atoms with van der Waals surface area (Å²) in [5.41, 5.74) is 2.05. The third-order valence-electron chi connectivity index (χ3n) is 4.25. The lowest BCUT2D eigenvalue weighted by Crippen LogP contribution is -2.36. The molecule has 1 atom stereocenters. The monoisotopic (exact) mass is 422 g/mol. The van der Waals surface area contributed by atoms with Gasteiger partial charge in [0.25, 0.3) is 15.9 Å².